The number of thiophene rings is 1. The van der Waals surface area contributed by atoms with Gasteiger partial charge < -0.3 is 10.4 Å². The van der Waals surface area contributed by atoms with Crippen molar-refractivity contribution in [3.05, 3.63) is 22.4 Å². The Morgan fingerprint density at radius 3 is 2.71 bits per heavy atom. The van der Waals surface area contributed by atoms with Crippen LogP contribution in [0.5, 0.6) is 0 Å². The zero-order valence-corrected chi connectivity index (χ0v) is 11.2. The normalized spacial score (nSPS) is 20.1. The predicted octanol–water partition coefficient (Wildman–Crippen LogP) is 3.48. The van der Waals surface area contributed by atoms with Crippen LogP contribution in [0.25, 0.3) is 0 Å². The minimum atomic E-state index is -0.284. The van der Waals surface area contributed by atoms with Crippen molar-refractivity contribution in [2.75, 3.05) is 6.54 Å². The van der Waals surface area contributed by atoms with Gasteiger partial charge in [0.05, 0.1) is 6.10 Å². The van der Waals surface area contributed by atoms with Crippen LogP contribution in [0.3, 0.4) is 0 Å². The van der Waals surface area contributed by atoms with Gasteiger partial charge in [-0.3, -0.25) is 0 Å². The predicted molar refractivity (Wildman–Crippen MR) is 73.4 cm³/mol. The van der Waals surface area contributed by atoms with Gasteiger partial charge in [-0.1, -0.05) is 31.7 Å². The van der Waals surface area contributed by atoms with Crippen molar-refractivity contribution in [2.24, 2.45) is 0 Å². The highest BCUT2D eigenvalue weighted by Gasteiger charge is 2.13. The van der Waals surface area contributed by atoms with Gasteiger partial charge in [-0.05, 0) is 37.3 Å². The lowest BCUT2D eigenvalue weighted by molar-refractivity contribution is 0.168. The zero-order valence-electron chi connectivity index (χ0n) is 10.4. The van der Waals surface area contributed by atoms with Crippen molar-refractivity contribution in [3.63, 3.8) is 0 Å². The highest BCUT2D eigenvalue weighted by Crippen LogP contribution is 2.22. The number of aliphatic hydroxyl groups excluding tert-OH is 1. The van der Waals surface area contributed by atoms with Crippen molar-refractivity contribution in [1.82, 2.24) is 5.32 Å². The maximum Gasteiger partial charge on any atom is 0.0894 e. The van der Waals surface area contributed by atoms with E-state index in [1.807, 2.05) is 17.5 Å². The zero-order chi connectivity index (χ0) is 11.9. The van der Waals surface area contributed by atoms with Crippen LogP contribution < -0.4 is 5.32 Å². The second-order valence-electron chi connectivity index (χ2n) is 4.96. The van der Waals surface area contributed by atoms with Gasteiger partial charge in [-0.25, -0.2) is 0 Å². The molecule has 2 nitrogen and oxygen atoms in total. The minimum absolute atomic E-state index is 0.284. The van der Waals surface area contributed by atoms with Gasteiger partial charge >= 0.3 is 0 Å². The summed E-state index contributed by atoms with van der Waals surface area (Å²) in [6.45, 7) is 0.934. The van der Waals surface area contributed by atoms with Gasteiger partial charge in [-0.2, -0.15) is 0 Å². The fourth-order valence-electron chi connectivity index (χ4n) is 2.53. The lowest BCUT2D eigenvalue weighted by Crippen LogP contribution is -2.30. The Balaban J connectivity index is 1.65. The third kappa shape index (κ3) is 4.41. The third-order valence-electron chi connectivity index (χ3n) is 3.58. The standard InChI is InChI=1S/C14H23NOS/c16-13(14-8-5-11-17-14)9-10-15-12-6-3-1-2-4-7-12/h5,8,11-13,15-16H,1-4,6-7,9-10H2. The second kappa shape index (κ2) is 7.14. The maximum atomic E-state index is 9.96. The summed E-state index contributed by atoms with van der Waals surface area (Å²) in [4.78, 5) is 1.09. The molecule has 0 aliphatic heterocycles. The Morgan fingerprint density at radius 2 is 2.06 bits per heavy atom. The van der Waals surface area contributed by atoms with E-state index in [1.54, 1.807) is 11.3 Å². The molecule has 1 unspecified atom stereocenters. The Bertz CT molecular complexity index is 291. The molecule has 17 heavy (non-hydrogen) atoms. The quantitative estimate of drug-likeness (QED) is 0.787. The first kappa shape index (κ1) is 13.1. The van der Waals surface area contributed by atoms with E-state index in [9.17, 15) is 5.11 Å². The van der Waals surface area contributed by atoms with Crippen molar-refractivity contribution in [1.29, 1.82) is 0 Å². The molecule has 1 heterocycles. The van der Waals surface area contributed by atoms with Crippen molar-refractivity contribution in [2.45, 2.75) is 57.1 Å². The van der Waals surface area contributed by atoms with Crippen LogP contribution in [0.1, 0.15) is 55.9 Å². The molecule has 1 aromatic rings. The Hall–Kier alpha value is -0.380. The van der Waals surface area contributed by atoms with Crippen LogP contribution in [0.15, 0.2) is 17.5 Å². The topological polar surface area (TPSA) is 32.3 Å². The largest absolute Gasteiger partial charge is 0.388 e. The summed E-state index contributed by atoms with van der Waals surface area (Å²) in [7, 11) is 0. The summed E-state index contributed by atoms with van der Waals surface area (Å²) < 4.78 is 0. The molecule has 1 saturated carbocycles. The summed E-state index contributed by atoms with van der Waals surface area (Å²) in [5.74, 6) is 0. The molecule has 1 aliphatic rings. The maximum absolute atomic E-state index is 9.96. The second-order valence-corrected chi connectivity index (χ2v) is 5.94. The van der Waals surface area contributed by atoms with Crippen LogP contribution in [0.4, 0.5) is 0 Å². The summed E-state index contributed by atoms with van der Waals surface area (Å²) >= 11 is 1.64. The van der Waals surface area contributed by atoms with Gasteiger partial charge in [0, 0.05) is 10.9 Å². The average Bonchev–Trinajstić information content (AvgIpc) is 2.75. The summed E-state index contributed by atoms with van der Waals surface area (Å²) in [5.41, 5.74) is 0. The number of nitrogens with one attached hydrogen (secondary N) is 1. The lowest BCUT2D eigenvalue weighted by atomic mass is 10.1. The molecule has 1 aliphatic carbocycles. The van der Waals surface area contributed by atoms with Crippen molar-refractivity contribution >= 4 is 11.3 Å². The first-order chi connectivity index (χ1) is 8.36. The molecule has 1 atom stereocenters. The highest BCUT2D eigenvalue weighted by molar-refractivity contribution is 7.10. The van der Waals surface area contributed by atoms with Gasteiger partial charge in [0.1, 0.15) is 0 Å². The van der Waals surface area contributed by atoms with Crippen molar-refractivity contribution in [3.8, 4) is 0 Å². The van der Waals surface area contributed by atoms with Crippen LogP contribution in [0.2, 0.25) is 0 Å². The van der Waals surface area contributed by atoms with E-state index in [2.05, 4.69) is 5.32 Å². The number of aliphatic hydroxyl groups is 1. The van der Waals surface area contributed by atoms with E-state index in [-0.39, 0.29) is 6.10 Å². The molecule has 3 heteroatoms. The molecule has 0 spiro atoms. The van der Waals surface area contributed by atoms with Crippen LogP contribution in [0, 0.1) is 0 Å². The van der Waals surface area contributed by atoms with E-state index >= 15 is 0 Å². The molecule has 0 aromatic carbocycles. The van der Waals surface area contributed by atoms with E-state index in [0.29, 0.717) is 6.04 Å². The molecule has 0 amide bonds. The van der Waals surface area contributed by atoms with Crippen molar-refractivity contribution < 1.29 is 5.11 Å². The Morgan fingerprint density at radius 1 is 1.29 bits per heavy atom. The van der Waals surface area contributed by atoms with Gasteiger partial charge in [0.15, 0.2) is 0 Å². The summed E-state index contributed by atoms with van der Waals surface area (Å²) in [5, 5.41) is 15.6. The minimum Gasteiger partial charge on any atom is -0.388 e. The fraction of sp³-hybridized carbons (Fsp3) is 0.714. The molecule has 0 radical (unpaired) electrons. The first-order valence-corrected chi connectivity index (χ1v) is 7.69. The molecule has 2 rings (SSSR count). The monoisotopic (exact) mass is 253 g/mol. The Kier molecular flexibility index (Phi) is 5.49. The van der Waals surface area contributed by atoms with Crippen LogP contribution >= 0.6 is 11.3 Å². The smallest absolute Gasteiger partial charge is 0.0894 e. The molecule has 0 bridgehead atoms. The van der Waals surface area contributed by atoms with Crippen LogP contribution in [-0.2, 0) is 0 Å². The molecule has 2 N–H and O–H groups in total. The number of hydrogen-bond acceptors (Lipinski definition) is 3. The molecule has 0 saturated heterocycles. The number of hydrogen-bond donors (Lipinski definition) is 2. The van der Waals surface area contributed by atoms with E-state index in [1.165, 1.54) is 38.5 Å². The van der Waals surface area contributed by atoms with E-state index in [4.69, 9.17) is 0 Å². The number of rotatable bonds is 5. The van der Waals surface area contributed by atoms with Gasteiger partial charge in [0.25, 0.3) is 0 Å². The molecule has 1 fully saturated rings. The summed E-state index contributed by atoms with van der Waals surface area (Å²) in [6.07, 6.45) is 8.71. The molecular formula is C14H23NOS. The average molecular weight is 253 g/mol. The van der Waals surface area contributed by atoms with Crippen LogP contribution in [-0.4, -0.2) is 17.7 Å². The third-order valence-corrected chi connectivity index (χ3v) is 4.55. The SMILES string of the molecule is OC(CCNC1CCCCCC1)c1cccs1. The van der Waals surface area contributed by atoms with E-state index in [0.717, 1.165) is 17.8 Å². The molecule has 1 aromatic heterocycles. The lowest BCUT2D eigenvalue weighted by Gasteiger charge is -2.17. The van der Waals surface area contributed by atoms with E-state index < -0.39 is 0 Å². The van der Waals surface area contributed by atoms with Gasteiger partial charge in [0.2, 0.25) is 0 Å². The fourth-order valence-corrected chi connectivity index (χ4v) is 3.28. The molecule has 96 valence electrons. The first-order valence-electron chi connectivity index (χ1n) is 6.81. The summed E-state index contributed by atoms with van der Waals surface area (Å²) in [6, 6.07) is 4.70. The highest BCUT2D eigenvalue weighted by atomic mass is 32.1. The molecular weight excluding hydrogens is 230 g/mol. The van der Waals surface area contributed by atoms with Gasteiger partial charge in [-0.15, -0.1) is 11.3 Å². The Labute approximate surface area is 108 Å².